The summed E-state index contributed by atoms with van der Waals surface area (Å²) in [4.78, 5) is 12.7. The maximum Gasteiger partial charge on any atom is 0.250 e. The minimum Gasteiger partial charge on any atom is -0.497 e. The summed E-state index contributed by atoms with van der Waals surface area (Å²) in [7, 11) is -2.39. The van der Waals surface area contributed by atoms with E-state index in [-0.39, 0.29) is 18.0 Å². The summed E-state index contributed by atoms with van der Waals surface area (Å²) >= 11 is 0. The van der Waals surface area contributed by atoms with E-state index >= 15 is 0 Å². The number of carbonyl (C=O) groups is 1. The van der Waals surface area contributed by atoms with Crippen LogP contribution in [0.4, 0.5) is 0 Å². The zero-order chi connectivity index (χ0) is 21.6. The number of hydrogen-bond acceptors (Lipinski definition) is 6. The van der Waals surface area contributed by atoms with E-state index in [2.05, 4.69) is 5.32 Å². The predicted octanol–water partition coefficient (Wildman–Crippen LogP) is 1.76. The van der Waals surface area contributed by atoms with E-state index in [0.717, 1.165) is 5.56 Å². The molecule has 9 heteroatoms. The minimum absolute atomic E-state index is 0.0374. The van der Waals surface area contributed by atoms with Gasteiger partial charge in [-0.15, -0.1) is 0 Å². The average Bonchev–Trinajstić information content (AvgIpc) is 2.79. The average molecular weight is 434 g/mol. The van der Waals surface area contributed by atoms with Crippen molar-refractivity contribution in [3.8, 4) is 5.75 Å². The van der Waals surface area contributed by atoms with Crippen molar-refractivity contribution in [1.29, 1.82) is 0 Å². The zero-order valence-corrected chi connectivity index (χ0v) is 17.7. The van der Waals surface area contributed by atoms with Gasteiger partial charge in [0.15, 0.2) is 0 Å². The number of piperidine rings is 1. The maximum absolute atomic E-state index is 13.5. The molecule has 2 aromatic carbocycles. The van der Waals surface area contributed by atoms with E-state index in [1.807, 2.05) is 30.3 Å². The number of carbonyl (C=O) groups excluding carboxylic acids is 1. The van der Waals surface area contributed by atoms with Crippen molar-refractivity contribution in [2.45, 2.75) is 24.3 Å². The summed E-state index contributed by atoms with van der Waals surface area (Å²) in [6.07, 6.45) is 0.839. The van der Waals surface area contributed by atoms with Gasteiger partial charge in [0.25, 0.3) is 5.91 Å². The summed E-state index contributed by atoms with van der Waals surface area (Å²) in [5, 5.41) is 12.5. The molecule has 1 heterocycles. The topological polar surface area (TPSA) is 108 Å². The molecule has 0 saturated carbocycles. The Morgan fingerprint density at radius 3 is 2.33 bits per heavy atom. The third kappa shape index (κ3) is 4.81. The van der Waals surface area contributed by atoms with Crippen molar-refractivity contribution in [3.63, 3.8) is 0 Å². The van der Waals surface area contributed by atoms with Gasteiger partial charge >= 0.3 is 0 Å². The summed E-state index contributed by atoms with van der Waals surface area (Å²) in [5.74, 6) is -0.00923. The number of rotatable bonds is 8. The summed E-state index contributed by atoms with van der Waals surface area (Å²) in [6, 6.07) is 15.4. The second-order valence-corrected chi connectivity index (χ2v) is 9.34. The number of methoxy groups -OCH3 is 1. The Hall–Kier alpha value is -2.46. The Balaban J connectivity index is 1.99. The number of amides is 1. The summed E-state index contributed by atoms with van der Waals surface area (Å²) < 4.78 is 33.5. The lowest BCUT2D eigenvalue weighted by molar-refractivity contribution is -0.142. The van der Waals surface area contributed by atoms with Gasteiger partial charge in [0.1, 0.15) is 5.75 Å². The first-order chi connectivity index (χ1) is 14.4. The Kier molecular flexibility index (Phi) is 7.09. The van der Waals surface area contributed by atoms with Crippen molar-refractivity contribution < 1.29 is 23.2 Å². The highest BCUT2D eigenvalue weighted by Crippen LogP contribution is 2.33. The number of benzene rings is 2. The van der Waals surface area contributed by atoms with Gasteiger partial charge in [-0.1, -0.05) is 30.3 Å². The first-order valence-corrected chi connectivity index (χ1v) is 11.2. The Bertz CT molecular complexity index is 942. The third-order valence-electron chi connectivity index (χ3n) is 5.52. The molecule has 1 aliphatic heterocycles. The number of nitrogens with zero attached hydrogens (tertiary/aromatic N) is 1. The van der Waals surface area contributed by atoms with Crippen LogP contribution in [0.15, 0.2) is 59.5 Å². The van der Waals surface area contributed by atoms with Crippen LogP contribution in [0.1, 0.15) is 18.4 Å². The number of hydroxylamine groups is 1. The van der Waals surface area contributed by atoms with Crippen LogP contribution in [-0.4, -0.2) is 50.6 Å². The van der Waals surface area contributed by atoms with E-state index in [1.54, 1.807) is 17.6 Å². The van der Waals surface area contributed by atoms with E-state index < -0.39 is 21.3 Å². The van der Waals surface area contributed by atoms with Gasteiger partial charge in [-0.25, -0.2) is 13.9 Å². The number of ether oxygens (including phenoxy) is 1. The van der Waals surface area contributed by atoms with Gasteiger partial charge in [-0.2, -0.15) is 4.31 Å². The van der Waals surface area contributed by atoms with Gasteiger partial charge in [0.2, 0.25) is 10.0 Å². The highest BCUT2D eigenvalue weighted by atomic mass is 32.2. The van der Waals surface area contributed by atoms with Gasteiger partial charge in [0, 0.05) is 13.1 Å². The molecule has 0 radical (unpaired) electrons. The minimum atomic E-state index is -3.91. The Labute approximate surface area is 176 Å². The van der Waals surface area contributed by atoms with Crippen molar-refractivity contribution in [2.75, 3.05) is 26.7 Å². The normalized spacial score (nSPS) is 16.2. The smallest absolute Gasteiger partial charge is 0.250 e. The standard InChI is InChI=1S/C21H27N3O5S/c1-29-18-7-9-19(10-8-18)30(27,28)24(15-17-5-3-2-4-6-17)16-21(20(25)23-26)11-13-22-14-12-21/h2-10,22,26H,11-16H2,1H3,(H,23,25). The molecule has 0 aromatic heterocycles. The molecule has 0 atom stereocenters. The predicted molar refractivity (Wildman–Crippen MR) is 111 cm³/mol. The van der Waals surface area contributed by atoms with Crippen LogP contribution in [0, 0.1) is 5.41 Å². The van der Waals surface area contributed by atoms with Crippen molar-refractivity contribution in [3.05, 3.63) is 60.2 Å². The van der Waals surface area contributed by atoms with Gasteiger partial charge in [-0.3, -0.25) is 10.0 Å². The summed E-state index contributed by atoms with van der Waals surface area (Å²) in [6.45, 7) is 1.21. The van der Waals surface area contributed by atoms with Crippen molar-refractivity contribution >= 4 is 15.9 Å². The monoisotopic (exact) mass is 433 g/mol. The fourth-order valence-corrected chi connectivity index (χ4v) is 5.24. The molecule has 0 unspecified atom stereocenters. The van der Waals surface area contributed by atoms with Crippen molar-refractivity contribution in [1.82, 2.24) is 15.1 Å². The van der Waals surface area contributed by atoms with E-state index in [4.69, 9.17) is 4.74 Å². The first-order valence-electron chi connectivity index (χ1n) is 9.75. The van der Waals surface area contributed by atoms with Crippen molar-refractivity contribution in [2.24, 2.45) is 5.41 Å². The fourth-order valence-electron chi connectivity index (χ4n) is 3.73. The highest BCUT2D eigenvalue weighted by Gasteiger charge is 2.43. The molecule has 8 nitrogen and oxygen atoms in total. The molecule has 0 aliphatic carbocycles. The molecule has 0 bridgehead atoms. The fraction of sp³-hybridized carbons (Fsp3) is 0.381. The van der Waals surface area contributed by atoms with Crippen LogP contribution in [0.25, 0.3) is 0 Å². The summed E-state index contributed by atoms with van der Waals surface area (Å²) in [5.41, 5.74) is 1.54. The van der Waals surface area contributed by atoms with Crippen LogP contribution >= 0.6 is 0 Å². The highest BCUT2D eigenvalue weighted by molar-refractivity contribution is 7.89. The molecule has 3 rings (SSSR count). The quantitative estimate of drug-likeness (QED) is 0.433. The molecular formula is C21H27N3O5S. The molecule has 1 aliphatic rings. The van der Waals surface area contributed by atoms with Gasteiger partial charge in [-0.05, 0) is 55.8 Å². The number of sulfonamides is 1. The van der Waals surface area contributed by atoms with E-state index in [1.165, 1.54) is 23.5 Å². The SMILES string of the molecule is COc1ccc(S(=O)(=O)N(Cc2ccccc2)CC2(C(=O)NO)CCNCC2)cc1. The molecular weight excluding hydrogens is 406 g/mol. The molecule has 30 heavy (non-hydrogen) atoms. The molecule has 2 aromatic rings. The second kappa shape index (κ2) is 9.57. The van der Waals surface area contributed by atoms with Crippen LogP contribution < -0.4 is 15.5 Å². The lowest BCUT2D eigenvalue weighted by Gasteiger charge is -2.39. The molecule has 3 N–H and O–H groups in total. The molecule has 0 spiro atoms. The lowest BCUT2D eigenvalue weighted by atomic mass is 9.78. The number of nitrogens with one attached hydrogen (secondary N) is 2. The van der Waals surface area contributed by atoms with Crippen LogP contribution in [0.5, 0.6) is 5.75 Å². The lowest BCUT2D eigenvalue weighted by Crippen LogP contribution is -2.53. The van der Waals surface area contributed by atoms with Gasteiger partial charge < -0.3 is 10.1 Å². The van der Waals surface area contributed by atoms with E-state index in [9.17, 15) is 18.4 Å². The Morgan fingerprint density at radius 2 is 1.77 bits per heavy atom. The largest absolute Gasteiger partial charge is 0.497 e. The van der Waals surface area contributed by atoms with Crippen LogP contribution in [-0.2, 0) is 21.4 Å². The van der Waals surface area contributed by atoms with Crippen LogP contribution in [0.2, 0.25) is 0 Å². The third-order valence-corrected chi connectivity index (χ3v) is 7.33. The van der Waals surface area contributed by atoms with Crippen LogP contribution in [0.3, 0.4) is 0 Å². The molecule has 1 amide bonds. The second-order valence-electron chi connectivity index (χ2n) is 7.41. The van der Waals surface area contributed by atoms with Gasteiger partial charge in [0.05, 0.1) is 17.4 Å². The molecule has 162 valence electrons. The Morgan fingerprint density at radius 1 is 1.13 bits per heavy atom. The first kappa shape index (κ1) is 22.2. The zero-order valence-electron chi connectivity index (χ0n) is 16.9. The maximum atomic E-state index is 13.5. The number of hydrogen-bond donors (Lipinski definition) is 3. The molecule has 1 fully saturated rings. The molecule has 1 saturated heterocycles. The van der Waals surface area contributed by atoms with E-state index in [0.29, 0.717) is 31.7 Å².